The highest BCUT2D eigenvalue weighted by Gasteiger charge is 2.27. The Morgan fingerprint density at radius 3 is 2.65 bits per heavy atom. The van der Waals surface area contributed by atoms with Gasteiger partial charge in [0, 0.05) is 19.0 Å². The van der Waals surface area contributed by atoms with E-state index in [9.17, 15) is 9.59 Å². The third-order valence-electron chi connectivity index (χ3n) is 5.55. The van der Waals surface area contributed by atoms with Crippen LogP contribution in [0, 0.1) is 13.8 Å². The summed E-state index contributed by atoms with van der Waals surface area (Å²) >= 11 is 0. The minimum absolute atomic E-state index is 0.185. The van der Waals surface area contributed by atoms with Crippen molar-refractivity contribution in [3.8, 4) is 5.75 Å². The molecule has 31 heavy (non-hydrogen) atoms. The van der Waals surface area contributed by atoms with E-state index in [4.69, 9.17) is 13.9 Å². The first-order valence-electron chi connectivity index (χ1n) is 10.5. The molecule has 0 unspecified atom stereocenters. The average Bonchev–Trinajstić information content (AvgIpc) is 3.22. The molecule has 3 aromatic rings. The summed E-state index contributed by atoms with van der Waals surface area (Å²) in [5.74, 6) is 0.796. The maximum absolute atomic E-state index is 12.4. The fourth-order valence-electron chi connectivity index (χ4n) is 3.72. The molecule has 0 bridgehead atoms. The number of hydrogen-bond acceptors (Lipinski definition) is 6. The smallest absolute Gasteiger partial charge is 0.344 e. The van der Waals surface area contributed by atoms with Crippen LogP contribution in [0.2, 0.25) is 0 Å². The van der Waals surface area contributed by atoms with Crippen LogP contribution >= 0.6 is 0 Å². The Bertz CT molecular complexity index is 1050. The van der Waals surface area contributed by atoms with Crippen LogP contribution in [0.5, 0.6) is 5.75 Å². The van der Waals surface area contributed by atoms with Gasteiger partial charge in [0.25, 0.3) is 5.91 Å². The van der Waals surface area contributed by atoms with Crippen LogP contribution in [-0.4, -0.2) is 48.1 Å². The highest BCUT2D eigenvalue weighted by molar-refractivity contribution is 5.81. The molecule has 2 heterocycles. The third-order valence-corrected chi connectivity index (χ3v) is 5.55. The molecule has 1 aromatic heterocycles. The number of likely N-dealkylation sites (tertiary alicyclic amines) is 1. The largest absolute Gasteiger partial charge is 0.482 e. The van der Waals surface area contributed by atoms with Gasteiger partial charge in [-0.05, 0) is 56.0 Å². The summed E-state index contributed by atoms with van der Waals surface area (Å²) in [5, 5.41) is 0. The topological polar surface area (TPSA) is 81.9 Å². The van der Waals surface area contributed by atoms with E-state index in [1.807, 2.05) is 56.3 Å². The maximum atomic E-state index is 12.4. The van der Waals surface area contributed by atoms with Crippen LogP contribution in [0.3, 0.4) is 0 Å². The van der Waals surface area contributed by atoms with Crippen molar-refractivity contribution in [1.29, 1.82) is 0 Å². The standard InChI is InChI=1S/C24H26N2O5/c1-16-7-8-17(2)21(13-16)29-15-23(28)30-14-22(27)26-11-9-18(10-12-26)24-25-19-5-3-4-6-20(19)31-24/h3-8,13,18H,9-12,14-15H2,1-2H3. The van der Waals surface area contributed by atoms with Crippen molar-refractivity contribution in [2.24, 2.45) is 0 Å². The predicted octanol–water partition coefficient (Wildman–Crippen LogP) is 3.77. The molecule has 0 atom stereocenters. The second kappa shape index (κ2) is 9.20. The van der Waals surface area contributed by atoms with Gasteiger partial charge in [-0.15, -0.1) is 0 Å². The van der Waals surface area contributed by atoms with Crippen LogP contribution in [0.4, 0.5) is 0 Å². The molecule has 0 spiro atoms. The fraction of sp³-hybridized carbons (Fsp3) is 0.375. The number of fused-ring (bicyclic) bond motifs is 1. The number of amides is 1. The number of hydrogen-bond donors (Lipinski definition) is 0. The third kappa shape index (κ3) is 5.05. The molecule has 1 saturated heterocycles. The Kier molecular flexibility index (Phi) is 6.21. The van der Waals surface area contributed by atoms with Gasteiger partial charge in [0.2, 0.25) is 0 Å². The molecule has 0 aliphatic carbocycles. The first kappa shape index (κ1) is 20.9. The number of rotatable bonds is 6. The molecule has 1 aliphatic rings. The number of aryl methyl sites for hydroxylation is 2. The SMILES string of the molecule is Cc1ccc(C)c(OCC(=O)OCC(=O)N2CCC(c3nc4ccccc4o3)CC2)c1. The summed E-state index contributed by atoms with van der Waals surface area (Å²) in [4.78, 5) is 30.7. The number of para-hydroxylation sites is 2. The van der Waals surface area contributed by atoms with E-state index in [1.165, 1.54) is 0 Å². The lowest BCUT2D eigenvalue weighted by Crippen LogP contribution is -2.40. The summed E-state index contributed by atoms with van der Waals surface area (Å²) in [7, 11) is 0. The van der Waals surface area contributed by atoms with Crippen LogP contribution in [-0.2, 0) is 14.3 Å². The van der Waals surface area contributed by atoms with E-state index in [0.717, 1.165) is 41.0 Å². The second-order valence-corrected chi connectivity index (χ2v) is 7.89. The minimum atomic E-state index is -0.560. The Morgan fingerprint density at radius 1 is 1.10 bits per heavy atom. The van der Waals surface area contributed by atoms with E-state index in [2.05, 4.69) is 4.98 Å². The van der Waals surface area contributed by atoms with E-state index < -0.39 is 5.97 Å². The van der Waals surface area contributed by atoms with Gasteiger partial charge < -0.3 is 18.8 Å². The number of carbonyl (C=O) groups excluding carboxylic acids is 2. The van der Waals surface area contributed by atoms with Crippen molar-refractivity contribution in [2.75, 3.05) is 26.3 Å². The lowest BCUT2D eigenvalue weighted by Gasteiger charge is -2.30. The number of carbonyl (C=O) groups is 2. The summed E-state index contributed by atoms with van der Waals surface area (Å²) in [6.07, 6.45) is 1.53. The van der Waals surface area contributed by atoms with Gasteiger partial charge in [-0.1, -0.05) is 24.3 Å². The number of esters is 1. The molecule has 7 nitrogen and oxygen atoms in total. The van der Waals surface area contributed by atoms with Crippen LogP contribution in [0.1, 0.15) is 35.8 Å². The van der Waals surface area contributed by atoms with Crippen molar-refractivity contribution in [3.63, 3.8) is 0 Å². The molecule has 0 N–H and O–H groups in total. The van der Waals surface area contributed by atoms with Gasteiger partial charge in [-0.2, -0.15) is 0 Å². The van der Waals surface area contributed by atoms with Gasteiger partial charge in [0.05, 0.1) is 0 Å². The summed E-state index contributed by atoms with van der Waals surface area (Å²) in [6, 6.07) is 13.5. The molecular weight excluding hydrogens is 396 g/mol. The Balaban J connectivity index is 1.21. The van der Waals surface area contributed by atoms with E-state index in [-0.39, 0.29) is 25.0 Å². The highest BCUT2D eigenvalue weighted by Crippen LogP contribution is 2.30. The lowest BCUT2D eigenvalue weighted by atomic mass is 9.97. The van der Waals surface area contributed by atoms with Gasteiger partial charge in [-0.25, -0.2) is 9.78 Å². The van der Waals surface area contributed by atoms with E-state index in [1.54, 1.807) is 4.90 Å². The molecule has 1 fully saturated rings. The van der Waals surface area contributed by atoms with Crippen molar-refractivity contribution in [1.82, 2.24) is 9.88 Å². The molecule has 0 saturated carbocycles. The van der Waals surface area contributed by atoms with Gasteiger partial charge in [0.1, 0.15) is 11.3 Å². The van der Waals surface area contributed by atoms with Crippen LogP contribution < -0.4 is 4.74 Å². The van der Waals surface area contributed by atoms with Gasteiger partial charge in [0.15, 0.2) is 24.7 Å². The molecule has 7 heteroatoms. The minimum Gasteiger partial charge on any atom is -0.482 e. The number of oxazole rings is 1. The molecule has 1 aliphatic heterocycles. The second-order valence-electron chi connectivity index (χ2n) is 7.89. The number of aromatic nitrogens is 1. The number of nitrogens with zero attached hydrogens (tertiary/aromatic N) is 2. The molecule has 0 radical (unpaired) electrons. The maximum Gasteiger partial charge on any atom is 0.344 e. The van der Waals surface area contributed by atoms with E-state index in [0.29, 0.717) is 18.8 Å². The quantitative estimate of drug-likeness (QED) is 0.563. The Labute approximate surface area is 181 Å². The van der Waals surface area contributed by atoms with Crippen LogP contribution in [0.15, 0.2) is 46.9 Å². The molecule has 2 aromatic carbocycles. The Hall–Kier alpha value is -3.35. The zero-order valence-corrected chi connectivity index (χ0v) is 17.8. The lowest BCUT2D eigenvalue weighted by molar-refractivity contribution is -0.154. The number of benzene rings is 2. The fourth-order valence-corrected chi connectivity index (χ4v) is 3.72. The van der Waals surface area contributed by atoms with Crippen molar-refractivity contribution in [2.45, 2.75) is 32.6 Å². The van der Waals surface area contributed by atoms with Crippen LogP contribution in [0.25, 0.3) is 11.1 Å². The molecule has 4 rings (SSSR count). The van der Waals surface area contributed by atoms with E-state index >= 15 is 0 Å². The predicted molar refractivity (Wildman–Crippen MR) is 115 cm³/mol. The number of piperidine rings is 1. The normalized spacial score (nSPS) is 14.6. The number of ether oxygens (including phenoxy) is 2. The first-order chi connectivity index (χ1) is 15.0. The summed E-state index contributed by atoms with van der Waals surface area (Å²) in [5.41, 5.74) is 3.62. The zero-order valence-electron chi connectivity index (χ0n) is 17.8. The molecule has 162 valence electrons. The zero-order chi connectivity index (χ0) is 21.8. The summed E-state index contributed by atoms with van der Waals surface area (Å²) in [6.45, 7) is 4.53. The van der Waals surface area contributed by atoms with Crippen molar-refractivity contribution < 1.29 is 23.5 Å². The highest BCUT2D eigenvalue weighted by atomic mass is 16.6. The average molecular weight is 422 g/mol. The monoisotopic (exact) mass is 422 g/mol. The Morgan fingerprint density at radius 2 is 1.87 bits per heavy atom. The molecular formula is C24H26N2O5. The van der Waals surface area contributed by atoms with Crippen molar-refractivity contribution in [3.05, 3.63) is 59.5 Å². The summed E-state index contributed by atoms with van der Waals surface area (Å²) < 4.78 is 16.5. The first-order valence-corrected chi connectivity index (χ1v) is 10.5. The van der Waals surface area contributed by atoms with Gasteiger partial charge in [-0.3, -0.25) is 4.79 Å². The van der Waals surface area contributed by atoms with Crippen molar-refractivity contribution >= 4 is 23.0 Å². The molecule has 1 amide bonds. The van der Waals surface area contributed by atoms with Gasteiger partial charge >= 0.3 is 5.97 Å².